The largest absolute Gasteiger partial charge is 0.369 e. The van der Waals surface area contributed by atoms with Crippen molar-refractivity contribution in [1.29, 1.82) is 0 Å². The van der Waals surface area contributed by atoms with Gasteiger partial charge in [-0.25, -0.2) is 4.98 Å². The van der Waals surface area contributed by atoms with Crippen LogP contribution in [0.3, 0.4) is 0 Å². The quantitative estimate of drug-likeness (QED) is 0.911. The van der Waals surface area contributed by atoms with E-state index in [1.54, 1.807) is 12.1 Å². The molecule has 0 spiro atoms. The monoisotopic (exact) mass is 301 g/mol. The van der Waals surface area contributed by atoms with Crippen LogP contribution in [0.2, 0.25) is 0 Å². The Morgan fingerprint density at radius 3 is 2.71 bits per heavy atom. The van der Waals surface area contributed by atoms with Gasteiger partial charge in [-0.1, -0.05) is 17.7 Å². The predicted octanol–water partition coefficient (Wildman–Crippen LogP) is 2.22. The molecule has 2 amide bonds. The Labute approximate surface area is 126 Å². The summed E-state index contributed by atoms with van der Waals surface area (Å²) < 4.78 is 0. The van der Waals surface area contributed by atoms with E-state index in [9.17, 15) is 9.59 Å². The molecule has 108 valence electrons. The van der Waals surface area contributed by atoms with Crippen molar-refractivity contribution >= 4 is 28.3 Å². The summed E-state index contributed by atoms with van der Waals surface area (Å²) in [6, 6.07) is 7.33. The van der Waals surface area contributed by atoms with Crippen LogP contribution in [0.1, 0.15) is 38.8 Å². The van der Waals surface area contributed by atoms with Gasteiger partial charge >= 0.3 is 0 Å². The first kappa shape index (κ1) is 13.8. The minimum Gasteiger partial charge on any atom is -0.369 e. The zero-order chi connectivity index (χ0) is 15.0. The number of aromatic nitrogens is 1. The first-order valence-corrected chi connectivity index (χ1v) is 7.53. The lowest BCUT2D eigenvalue weighted by Gasteiger charge is -2.04. The normalized spacial score (nSPS) is 16.5. The zero-order valence-electron chi connectivity index (χ0n) is 11.6. The molecular weight excluding hydrogens is 286 g/mol. The number of nitrogens with zero attached hydrogens (tertiary/aromatic N) is 1. The second-order valence-corrected chi connectivity index (χ2v) is 6.22. The topological polar surface area (TPSA) is 85.1 Å². The van der Waals surface area contributed by atoms with Gasteiger partial charge in [-0.2, -0.15) is 0 Å². The third-order valence-electron chi connectivity index (χ3n) is 3.60. The molecule has 1 aliphatic rings. The number of hydrogen-bond acceptors (Lipinski definition) is 4. The summed E-state index contributed by atoms with van der Waals surface area (Å²) in [5, 5.41) is 3.31. The zero-order valence-corrected chi connectivity index (χ0v) is 12.4. The van der Waals surface area contributed by atoms with Crippen LogP contribution in [-0.4, -0.2) is 16.8 Å². The van der Waals surface area contributed by atoms with Gasteiger partial charge in [-0.15, -0.1) is 11.3 Å². The fourth-order valence-electron chi connectivity index (χ4n) is 2.43. The number of aryl methyl sites for hydroxylation is 2. The number of amides is 2. The van der Waals surface area contributed by atoms with Crippen LogP contribution in [0.5, 0.6) is 0 Å². The Hall–Kier alpha value is -2.21. The standard InChI is InChI=1S/C15H15N3O2S/c1-8-2-4-9(5-3-8)14(20)18-15-17-12-10(13(16)19)6-7-11(12)21-15/h2-5,10H,6-7H2,1H3,(H2,16,19)(H,17,18,20)/t10-/m0/s1. The summed E-state index contributed by atoms with van der Waals surface area (Å²) in [6.45, 7) is 1.97. The maximum Gasteiger partial charge on any atom is 0.257 e. The van der Waals surface area contributed by atoms with Gasteiger partial charge in [-0.3, -0.25) is 14.9 Å². The van der Waals surface area contributed by atoms with Crippen LogP contribution in [-0.2, 0) is 11.2 Å². The number of carbonyl (C=O) groups is 2. The lowest BCUT2D eigenvalue weighted by atomic mass is 10.1. The molecule has 0 saturated carbocycles. The lowest BCUT2D eigenvalue weighted by Crippen LogP contribution is -2.20. The first-order valence-electron chi connectivity index (χ1n) is 6.71. The lowest BCUT2D eigenvalue weighted by molar-refractivity contribution is -0.119. The number of benzene rings is 1. The van der Waals surface area contributed by atoms with Crippen LogP contribution >= 0.6 is 11.3 Å². The minimum atomic E-state index is -0.351. The number of fused-ring (bicyclic) bond motifs is 1. The van der Waals surface area contributed by atoms with Crippen LogP contribution in [0.15, 0.2) is 24.3 Å². The summed E-state index contributed by atoms with van der Waals surface area (Å²) in [7, 11) is 0. The fourth-order valence-corrected chi connectivity index (χ4v) is 3.47. The van der Waals surface area contributed by atoms with Gasteiger partial charge in [0, 0.05) is 10.4 Å². The average Bonchev–Trinajstić information content (AvgIpc) is 2.98. The molecule has 5 nitrogen and oxygen atoms in total. The molecule has 0 unspecified atom stereocenters. The Morgan fingerprint density at radius 2 is 2.05 bits per heavy atom. The summed E-state index contributed by atoms with van der Waals surface area (Å²) in [5.74, 6) is -0.866. The van der Waals surface area contributed by atoms with Crippen LogP contribution in [0.25, 0.3) is 0 Å². The summed E-state index contributed by atoms with van der Waals surface area (Å²) >= 11 is 1.42. The highest BCUT2D eigenvalue weighted by Gasteiger charge is 2.31. The van der Waals surface area contributed by atoms with Gasteiger partial charge in [-0.05, 0) is 31.9 Å². The van der Waals surface area contributed by atoms with E-state index in [0.29, 0.717) is 10.7 Å². The number of primary amides is 1. The highest BCUT2D eigenvalue weighted by atomic mass is 32.1. The second kappa shape index (κ2) is 5.29. The van der Waals surface area contributed by atoms with Gasteiger partial charge in [0.2, 0.25) is 5.91 Å². The molecule has 1 aromatic carbocycles. The number of anilines is 1. The van der Waals surface area contributed by atoms with Crippen molar-refractivity contribution in [1.82, 2.24) is 4.98 Å². The summed E-state index contributed by atoms with van der Waals surface area (Å²) in [6.07, 6.45) is 1.51. The van der Waals surface area contributed by atoms with Crippen molar-refractivity contribution < 1.29 is 9.59 Å². The Bertz CT molecular complexity index is 706. The number of hydrogen-bond donors (Lipinski definition) is 2. The van der Waals surface area contributed by atoms with E-state index >= 15 is 0 Å². The van der Waals surface area contributed by atoms with Gasteiger partial charge in [0.05, 0.1) is 11.6 Å². The van der Waals surface area contributed by atoms with E-state index in [1.807, 2.05) is 19.1 Å². The van der Waals surface area contributed by atoms with Crippen molar-refractivity contribution in [2.24, 2.45) is 5.73 Å². The molecule has 1 aliphatic carbocycles. The molecule has 3 N–H and O–H groups in total. The number of thiazole rings is 1. The molecule has 0 aliphatic heterocycles. The van der Waals surface area contributed by atoms with E-state index in [2.05, 4.69) is 10.3 Å². The summed E-state index contributed by atoms with van der Waals surface area (Å²) in [5.41, 5.74) is 7.78. The highest BCUT2D eigenvalue weighted by Crippen LogP contribution is 2.38. The van der Waals surface area contributed by atoms with Gasteiger partial charge in [0.1, 0.15) is 0 Å². The Morgan fingerprint density at radius 1 is 1.33 bits per heavy atom. The highest BCUT2D eigenvalue weighted by molar-refractivity contribution is 7.16. The van der Waals surface area contributed by atoms with Crippen molar-refractivity contribution in [2.75, 3.05) is 5.32 Å². The molecule has 2 aromatic rings. The van der Waals surface area contributed by atoms with Crippen LogP contribution in [0, 0.1) is 6.92 Å². The predicted molar refractivity (Wildman–Crippen MR) is 81.5 cm³/mol. The fraction of sp³-hybridized carbons (Fsp3) is 0.267. The third kappa shape index (κ3) is 2.67. The molecule has 0 radical (unpaired) electrons. The molecule has 21 heavy (non-hydrogen) atoms. The van der Waals surface area contributed by atoms with Crippen molar-refractivity contribution in [3.8, 4) is 0 Å². The van der Waals surface area contributed by atoms with Crippen molar-refractivity contribution in [3.05, 3.63) is 46.0 Å². The maximum atomic E-state index is 12.1. The van der Waals surface area contributed by atoms with Crippen molar-refractivity contribution in [3.63, 3.8) is 0 Å². The molecule has 1 atom stereocenters. The van der Waals surface area contributed by atoms with E-state index < -0.39 is 0 Å². The van der Waals surface area contributed by atoms with Crippen LogP contribution < -0.4 is 11.1 Å². The number of rotatable bonds is 3. The second-order valence-electron chi connectivity index (χ2n) is 5.14. The molecule has 6 heteroatoms. The third-order valence-corrected chi connectivity index (χ3v) is 4.64. The Balaban J connectivity index is 1.77. The van der Waals surface area contributed by atoms with E-state index in [-0.39, 0.29) is 17.7 Å². The molecule has 1 aromatic heterocycles. The molecular formula is C15H15N3O2S. The van der Waals surface area contributed by atoms with E-state index in [1.165, 1.54) is 11.3 Å². The minimum absolute atomic E-state index is 0.196. The SMILES string of the molecule is Cc1ccc(C(=O)Nc2nc3c(s2)CC[C@@H]3C(N)=O)cc1. The average molecular weight is 301 g/mol. The molecule has 0 bridgehead atoms. The first-order chi connectivity index (χ1) is 10.0. The number of nitrogens with two attached hydrogens (primary N) is 1. The summed E-state index contributed by atoms with van der Waals surface area (Å²) in [4.78, 5) is 28.9. The van der Waals surface area contributed by atoms with Gasteiger partial charge in [0.25, 0.3) is 5.91 Å². The molecule has 0 saturated heterocycles. The van der Waals surface area contributed by atoms with Crippen LogP contribution in [0.4, 0.5) is 5.13 Å². The van der Waals surface area contributed by atoms with Crippen molar-refractivity contribution in [2.45, 2.75) is 25.7 Å². The smallest absolute Gasteiger partial charge is 0.257 e. The molecule has 0 fully saturated rings. The Kier molecular flexibility index (Phi) is 3.47. The van der Waals surface area contributed by atoms with Gasteiger partial charge in [0.15, 0.2) is 5.13 Å². The molecule has 3 rings (SSSR count). The number of carbonyl (C=O) groups excluding carboxylic acids is 2. The van der Waals surface area contributed by atoms with Gasteiger partial charge < -0.3 is 5.73 Å². The maximum absolute atomic E-state index is 12.1. The number of nitrogens with one attached hydrogen (secondary N) is 1. The van der Waals surface area contributed by atoms with E-state index in [0.717, 1.165) is 29.0 Å². The van der Waals surface area contributed by atoms with E-state index in [4.69, 9.17) is 5.73 Å². The molecule has 1 heterocycles.